The number of carbonyl (C=O) groups excluding carboxylic acids is 1. The van der Waals surface area contributed by atoms with Crippen molar-refractivity contribution >= 4 is 5.91 Å². The van der Waals surface area contributed by atoms with Crippen LogP contribution in [0.3, 0.4) is 0 Å². The van der Waals surface area contributed by atoms with E-state index in [1.54, 1.807) is 0 Å². The molecule has 4 aliphatic rings. The fourth-order valence-corrected chi connectivity index (χ4v) is 7.27. The van der Waals surface area contributed by atoms with Crippen molar-refractivity contribution in [3.63, 3.8) is 0 Å². The quantitative estimate of drug-likeness (QED) is 0.852. The molecule has 1 N–H and O–H groups in total. The lowest BCUT2D eigenvalue weighted by Crippen LogP contribution is -2.59. The van der Waals surface area contributed by atoms with Crippen LogP contribution in [0.25, 0.3) is 0 Å². The molecule has 0 heterocycles. The first kappa shape index (κ1) is 18.0. The second-order valence-corrected chi connectivity index (χ2v) is 10.7. The van der Waals surface area contributed by atoms with Crippen LogP contribution >= 0.6 is 0 Å². The van der Waals surface area contributed by atoms with Crippen LogP contribution in [0.15, 0.2) is 24.3 Å². The predicted octanol–water partition coefficient (Wildman–Crippen LogP) is 4.36. The Bertz CT molecular complexity index is 692. The number of hydrogen-bond acceptors (Lipinski definition) is 2. The summed E-state index contributed by atoms with van der Waals surface area (Å²) in [5, 5.41) is 3.32. The first-order valence-corrected chi connectivity index (χ1v) is 10.2. The highest BCUT2D eigenvalue weighted by molar-refractivity contribution is 5.83. The molecule has 3 heteroatoms. The molecule has 5 rings (SSSR count). The zero-order valence-electron chi connectivity index (χ0n) is 16.9. The van der Waals surface area contributed by atoms with Gasteiger partial charge in [0.05, 0.1) is 5.41 Å². The van der Waals surface area contributed by atoms with E-state index >= 15 is 0 Å². The van der Waals surface area contributed by atoms with E-state index in [0.717, 1.165) is 31.7 Å². The molecule has 1 aromatic rings. The first-order chi connectivity index (χ1) is 12.2. The molecule has 0 spiro atoms. The Balaban J connectivity index is 1.46. The summed E-state index contributed by atoms with van der Waals surface area (Å²) in [7, 11) is 4.17. The molecule has 26 heavy (non-hydrogen) atoms. The minimum Gasteiger partial charge on any atom is -0.352 e. The Morgan fingerprint density at radius 2 is 1.73 bits per heavy atom. The summed E-state index contributed by atoms with van der Waals surface area (Å²) < 4.78 is 0. The molecule has 2 atom stereocenters. The van der Waals surface area contributed by atoms with Crippen LogP contribution < -0.4 is 5.32 Å². The molecule has 0 radical (unpaired) electrons. The van der Waals surface area contributed by atoms with Crippen LogP contribution in [0.2, 0.25) is 0 Å². The summed E-state index contributed by atoms with van der Waals surface area (Å²) in [6, 6.07) is 8.61. The monoisotopic (exact) mass is 354 g/mol. The molecule has 4 aliphatic carbocycles. The minimum absolute atomic E-state index is 0.107. The van der Waals surface area contributed by atoms with Crippen molar-refractivity contribution in [2.24, 2.45) is 22.2 Å². The van der Waals surface area contributed by atoms with Gasteiger partial charge in [-0.15, -0.1) is 0 Å². The lowest BCUT2D eigenvalue weighted by atomic mass is 9.40. The van der Waals surface area contributed by atoms with Crippen molar-refractivity contribution in [2.75, 3.05) is 14.1 Å². The van der Waals surface area contributed by atoms with Crippen LogP contribution in [0.1, 0.15) is 63.5 Å². The van der Waals surface area contributed by atoms with Crippen LogP contribution in [0, 0.1) is 22.2 Å². The number of nitrogens with zero attached hydrogens (tertiary/aromatic N) is 1. The fourth-order valence-electron chi connectivity index (χ4n) is 7.27. The standard InChI is InChI=1S/C23H34N2O/c1-21-9-19-10-22(2,14-21)16-23(11-19,15-21)20(26)24-12-17-6-5-7-18(8-17)13-25(3)4/h5-8,19H,9-16H2,1-4H3,(H,24,26). The third-order valence-electron chi connectivity index (χ3n) is 7.05. The number of rotatable bonds is 5. The molecule has 0 aliphatic heterocycles. The van der Waals surface area contributed by atoms with Crippen LogP contribution in [0.4, 0.5) is 0 Å². The van der Waals surface area contributed by atoms with Crippen LogP contribution in [0.5, 0.6) is 0 Å². The van der Waals surface area contributed by atoms with E-state index in [1.165, 1.54) is 30.4 Å². The summed E-state index contributed by atoms with van der Waals surface area (Å²) in [6.45, 7) is 6.45. The Morgan fingerprint density at radius 3 is 2.35 bits per heavy atom. The van der Waals surface area contributed by atoms with Gasteiger partial charge in [0.15, 0.2) is 0 Å². The molecule has 3 nitrogen and oxygen atoms in total. The number of benzene rings is 1. The Kier molecular flexibility index (Phi) is 4.22. The zero-order chi connectivity index (χ0) is 18.6. The van der Waals surface area contributed by atoms with Gasteiger partial charge in [-0.25, -0.2) is 0 Å². The van der Waals surface area contributed by atoms with Gasteiger partial charge in [-0.2, -0.15) is 0 Å². The fraction of sp³-hybridized carbons (Fsp3) is 0.696. The number of hydrogen-bond donors (Lipinski definition) is 1. The second-order valence-electron chi connectivity index (χ2n) is 10.7. The molecule has 1 amide bonds. The Hall–Kier alpha value is -1.35. The third-order valence-corrected chi connectivity index (χ3v) is 7.05. The Morgan fingerprint density at radius 1 is 1.08 bits per heavy atom. The number of amides is 1. The van der Waals surface area contributed by atoms with E-state index in [0.29, 0.717) is 23.3 Å². The van der Waals surface area contributed by atoms with E-state index in [4.69, 9.17) is 0 Å². The summed E-state index contributed by atoms with van der Waals surface area (Å²) in [4.78, 5) is 15.5. The lowest BCUT2D eigenvalue weighted by Gasteiger charge is -2.64. The maximum Gasteiger partial charge on any atom is 0.226 e. The van der Waals surface area contributed by atoms with E-state index in [-0.39, 0.29) is 5.41 Å². The lowest BCUT2D eigenvalue weighted by molar-refractivity contribution is -0.170. The molecular weight excluding hydrogens is 320 g/mol. The molecule has 0 aromatic heterocycles. The maximum atomic E-state index is 13.3. The largest absolute Gasteiger partial charge is 0.352 e. The average Bonchev–Trinajstić information content (AvgIpc) is 2.48. The van der Waals surface area contributed by atoms with E-state index in [1.807, 2.05) is 0 Å². The highest BCUT2D eigenvalue weighted by Gasteiger charge is 2.62. The molecule has 2 unspecified atom stereocenters. The van der Waals surface area contributed by atoms with Gasteiger partial charge in [0, 0.05) is 13.1 Å². The predicted molar refractivity (Wildman–Crippen MR) is 106 cm³/mol. The van der Waals surface area contributed by atoms with Gasteiger partial charge < -0.3 is 10.2 Å². The molecular formula is C23H34N2O. The zero-order valence-corrected chi connectivity index (χ0v) is 16.9. The topological polar surface area (TPSA) is 32.3 Å². The average molecular weight is 355 g/mol. The van der Waals surface area contributed by atoms with E-state index < -0.39 is 0 Å². The highest BCUT2D eigenvalue weighted by atomic mass is 16.2. The van der Waals surface area contributed by atoms with Gasteiger partial charge in [-0.05, 0) is 80.5 Å². The first-order valence-electron chi connectivity index (χ1n) is 10.2. The highest BCUT2D eigenvalue weighted by Crippen LogP contribution is 2.69. The van der Waals surface area contributed by atoms with Crippen LogP contribution in [-0.2, 0) is 17.9 Å². The van der Waals surface area contributed by atoms with Crippen molar-refractivity contribution in [1.82, 2.24) is 10.2 Å². The smallest absolute Gasteiger partial charge is 0.226 e. The van der Waals surface area contributed by atoms with Gasteiger partial charge in [-0.1, -0.05) is 38.1 Å². The SMILES string of the molecule is CN(C)Cc1cccc(CNC(=O)C23CC4CC(C)(CC(C)(C4)C2)C3)c1. The van der Waals surface area contributed by atoms with Crippen molar-refractivity contribution in [3.8, 4) is 0 Å². The molecule has 0 saturated heterocycles. The summed E-state index contributed by atoms with van der Waals surface area (Å²) in [6.07, 6.45) is 7.30. The third kappa shape index (κ3) is 3.31. The summed E-state index contributed by atoms with van der Waals surface area (Å²) >= 11 is 0. The van der Waals surface area contributed by atoms with Crippen molar-refractivity contribution in [1.29, 1.82) is 0 Å². The molecule has 1 aromatic carbocycles. The number of carbonyl (C=O) groups is 1. The van der Waals surface area contributed by atoms with Gasteiger partial charge in [0.25, 0.3) is 0 Å². The maximum absolute atomic E-state index is 13.3. The summed E-state index contributed by atoms with van der Waals surface area (Å²) in [5.74, 6) is 1.08. The summed E-state index contributed by atoms with van der Waals surface area (Å²) in [5.41, 5.74) is 3.18. The van der Waals surface area contributed by atoms with Crippen molar-refractivity contribution in [3.05, 3.63) is 35.4 Å². The molecule has 4 fully saturated rings. The molecule has 4 saturated carbocycles. The molecule has 4 bridgehead atoms. The molecule has 142 valence electrons. The van der Waals surface area contributed by atoms with Gasteiger partial charge in [0.1, 0.15) is 0 Å². The van der Waals surface area contributed by atoms with Crippen molar-refractivity contribution < 1.29 is 4.79 Å². The second kappa shape index (κ2) is 6.09. The van der Waals surface area contributed by atoms with Gasteiger partial charge >= 0.3 is 0 Å². The van der Waals surface area contributed by atoms with Gasteiger partial charge in [0.2, 0.25) is 5.91 Å². The van der Waals surface area contributed by atoms with Crippen LogP contribution in [-0.4, -0.2) is 24.9 Å². The normalized spacial score (nSPS) is 38.0. The minimum atomic E-state index is -0.107. The van der Waals surface area contributed by atoms with Gasteiger partial charge in [-0.3, -0.25) is 4.79 Å². The van der Waals surface area contributed by atoms with E-state index in [2.05, 4.69) is 62.4 Å². The van der Waals surface area contributed by atoms with Crippen molar-refractivity contribution in [2.45, 2.75) is 65.5 Å². The van der Waals surface area contributed by atoms with E-state index in [9.17, 15) is 4.79 Å². The number of nitrogens with one attached hydrogen (secondary N) is 1. The Labute approximate surface area is 158 Å².